The molecule has 1 saturated heterocycles. The number of amides is 1. The maximum atomic E-state index is 12.5. The summed E-state index contributed by atoms with van der Waals surface area (Å²) in [5.74, 6) is 1.83. The summed E-state index contributed by atoms with van der Waals surface area (Å²) in [6.45, 7) is 3.23. The van der Waals surface area contributed by atoms with Crippen LogP contribution in [-0.2, 0) is 11.3 Å². The van der Waals surface area contributed by atoms with Gasteiger partial charge in [-0.05, 0) is 56.1 Å². The fourth-order valence-corrected chi connectivity index (χ4v) is 4.08. The molecular formula is C23H28N4O3. The van der Waals surface area contributed by atoms with Crippen LogP contribution in [0.15, 0.2) is 48.8 Å². The number of nitrogens with zero attached hydrogens (tertiary/aromatic N) is 3. The number of hydrogen-bond donors (Lipinski definition) is 1. The zero-order chi connectivity index (χ0) is 20.9. The number of benzene rings is 2. The van der Waals surface area contributed by atoms with E-state index in [-0.39, 0.29) is 5.91 Å². The van der Waals surface area contributed by atoms with E-state index in [1.807, 2.05) is 24.5 Å². The summed E-state index contributed by atoms with van der Waals surface area (Å²) >= 11 is 0. The van der Waals surface area contributed by atoms with Gasteiger partial charge in [-0.1, -0.05) is 12.1 Å². The van der Waals surface area contributed by atoms with Crippen molar-refractivity contribution >= 4 is 22.6 Å². The van der Waals surface area contributed by atoms with E-state index < -0.39 is 0 Å². The van der Waals surface area contributed by atoms with E-state index in [4.69, 9.17) is 9.47 Å². The predicted molar refractivity (Wildman–Crippen MR) is 117 cm³/mol. The van der Waals surface area contributed by atoms with E-state index in [0.717, 1.165) is 38.0 Å². The van der Waals surface area contributed by atoms with Crippen LogP contribution in [0.2, 0.25) is 0 Å². The molecule has 30 heavy (non-hydrogen) atoms. The van der Waals surface area contributed by atoms with E-state index in [1.165, 1.54) is 5.52 Å². The monoisotopic (exact) mass is 408 g/mol. The third-order valence-electron chi connectivity index (χ3n) is 5.72. The Morgan fingerprint density at radius 1 is 1.10 bits per heavy atom. The summed E-state index contributed by atoms with van der Waals surface area (Å²) in [6, 6.07) is 13.6. The molecule has 0 bridgehead atoms. The average molecular weight is 409 g/mol. The molecule has 1 aliphatic heterocycles. The van der Waals surface area contributed by atoms with Crippen LogP contribution >= 0.6 is 0 Å². The van der Waals surface area contributed by atoms with Crippen molar-refractivity contribution in [3.05, 3.63) is 48.8 Å². The smallest absolute Gasteiger partial charge is 0.238 e. The molecule has 2 heterocycles. The van der Waals surface area contributed by atoms with Crippen LogP contribution in [0.4, 0.5) is 5.69 Å². The van der Waals surface area contributed by atoms with Gasteiger partial charge in [0.25, 0.3) is 0 Å². The number of likely N-dealkylation sites (tertiary alicyclic amines) is 1. The highest BCUT2D eigenvalue weighted by atomic mass is 16.5. The molecule has 1 aromatic heterocycles. The fourth-order valence-electron chi connectivity index (χ4n) is 4.08. The van der Waals surface area contributed by atoms with Crippen LogP contribution in [0.25, 0.3) is 11.0 Å². The number of rotatable bonds is 7. The molecule has 1 aliphatic rings. The summed E-state index contributed by atoms with van der Waals surface area (Å²) in [6.07, 6.45) is 4.10. The third kappa shape index (κ3) is 4.57. The van der Waals surface area contributed by atoms with Gasteiger partial charge in [-0.3, -0.25) is 9.69 Å². The lowest BCUT2D eigenvalue weighted by Gasteiger charge is -2.31. The molecule has 0 saturated carbocycles. The van der Waals surface area contributed by atoms with Crippen molar-refractivity contribution in [1.82, 2.24) is 14.5 Å². The molecule has 2 aromatic carbocycles. The van der Waals surface area contributed by atoms with Crippen molar-refractivity contribution in [2.75, 3.05) is 39.2 Å². The Labute approximate surface area is 176 Å². The van der Waals surface area contributed by atoms with Crippen LogP contribution < -0.4 is 14.8 Å². The van der Waals surface area contributed by atoms with Crippen molar-refractivity contribution < 1.29 is 14.3 Å². The minimum atomic E-state index is -0.0127. The first-order valence-corrected chi connectivity index (χ1v) is 10.3. The van der Waals surface area contributed by atoms with Crippen LogP contribution in [0.3, 0.4) is 0 Å². The van der Waals surface area contributed by atoms with Gasteiger partial charge in [0.2, 0.25) is 5.91 Å². The maximum absolute atomic E-state index is 12.5. The molecule has 158 valence electrons. The average Bonchev–Trinajstić information content (AvgIpc) is 3.18. The van der Waals surface area contributed by atoms with Gasteiger partial charge in [0.15, 0.2) is 11.5 Å². The van der Waals surface area contributed by atoms with Gasteiger partial charge in [0, 0.05) is 18.3 Å². The highest BCUT2D eigenvalue weighted by Crippen LogP contribution is 2.29. The molecule has 1 N–H and O–H groups in total. The Morgan fingerprint density at radius 2 is 1.87 bits per heavy atom. The minimum Gasteiger partial charge on any atom is -0.493 e. The van der Waals surface area contributed by atoms with Crippen LogP contribution in [-0.4, -0.2) is 54.2 Å². The molecular weight excluding hydrogens is 380 g/mol. The second-order valence-electron chi connectivity index (χ2n) is 7.72. The predicted octanol–water partition coefficient (Wildman–Crippen LogP) is 3.40. The lowest BCUT2D eigenvalue weighted by molar-refractivity contribution is -0.117. The van der Waals surface area contributed by atoms with E-state index >= 15 is 0 Å². The second-order valence-corrected chi connectivity index (χ2v) is 7.72. The first-order chi connectivity index (χ1) is 14.7. The largest absolute Gasteiger partial charge is 0.493 e. The number of carbonyl (C=O) groups excluding carboxylic acids is 1. The third-order valence-corrected chi connectivity index (χ3v) is 5.72. The van der Waals surface area contributed by atoms with E-state index in [1.54, 1.807) is 26.4 Å². The number of anilines is 1. The lowest BCUT2D eigenvalue weighted by atomic mass is 9.96. The van der Waals surface area contributed by atoms with Crippen molar-refractivity contribution in [2.45, 2.75) is 19.4 Å². The number of fused-ring (bicyclic) bond motifs is 1. The molecule has 7 nitrogen and oxygen atoms in total. The van der Waals surface area contributed by atoms with Crippen molar-refractivity contribution in [3.8, 4) is 11.5 Å². The number of methoxy groups -OCH3 is 2. The topological polar surface area (TPSA) is 68.6 Å². The molecule has 0 atom stereocenters. The lowest BCUT2D eigenvalue weighted by Crippen LogP contribution is -2.39. The Hall–Kier alpha value is -3.06. The summed E-state index contributed by atoms with van der Waals surface area (Å²) < 4.78 is 12.8. The van der Waals surface area contributed by atoms with Gasteiger partial charge in [-0.15, -0.1) is 0 Å². The van der Waals surface area contributed by atoms with Crippen molar-refractivity contribution in [3.63, 3.8) is 0 Å². The number of para-hydroxylation sites is 2. The van der Waals surface area contributed by atoms with Crippen molar-refractivity contribution in [2.24, 2.45) is 5.92 Å². The second kappa shape index (κ2) is 9.17. The highest BCUT2D eigenvalue weighted by Gasteiger charge is 2.22. The summed E-state index contributed by atoms with van der Waals surface area (Å²) in [5, 5.41) is 2.95. The number of carbonyl (C=O) groups is 1. The first-order valence-electron chi connectivity index (χ1n) is 10.3. The molecule has 0 aliphatic carbocycles. The quantitative estimate of drug-likeness (QED) is 0.649. The Balaban J connectivity index is 1.27. The highest BCUT2D eigenvalue weighted by molar-refractivity contribution is 5.92. The minimum absolute atomic E-state index is 0.0127. The fraction of sp³-hybridized carbons (Fsp3) is 0.391. The van der Waals surface area contributed by atoms with E-state index in [0.29, 0.717) is 29.6 Å². The molecule has 0 unspecified atom stereocenters. The van der Waals surface area contributed by atoms with Gasteiger partial charge < -0.3 is 19.4 Å². The number of imidazole rings is 1. The van der Waals surface area contributed by atoms with Gasteiger partial charge >= 0.3 is 0 Å². The molecule has 4 rings (SSSR count). The SMILES string of the molecule is COc1ccc(NC(=O)CN2CCC(Cn3cnc4ccccc43)CC2)cc1OC. The molecule has 0 spiro atoms. The normalized spacial score (nSPS) is 15.3. The number of nitrogens with one attached hydrogen (secondary N) is 1. The standard InChI is InChI=1S/C23H28N4O3/c1-29-21-8-7-18(13-22(21)30-2)25-23(28)15-26-11-9-17(10-12-26)14-27-16-24-19-5-3-4-6-20(19)27/h3-8,13,16-17H,9-12,14-15H2,1-2H3,(H,25,28). The zero-order valence-corrected chi connectivity index (χ0v) is 17.5. The summed E-state index contributed by atoms with van der Waals surface area (Å²) in [7, 11) is 3.18. The number of ether oxygens (including phenoxy) is 2. The number of piperidine rings is 1. The Bertz CT molecular complexity index is 1010. The van der Waals surface area contributed by atoms with Crippen LogP contribution in [0.1, 0.15) is 12.8 Å². The zero-order valence-electron chi connectivity index (χ0n) is 17.5. The van der Waals surface area contributed by atoms with Gasteiger partial charge in [-0.2, -0.15) is 0 Å². The number of aromatic nitrogens is 2. The van der Waals surface area contributed by atoms with E-state index in [2.05, 4.69) is 31.9 Å². The van der Waals surface area contributed by atoms with Crippen LogP contribution in [0.5, 0.6) is 11.5 Å². The molecule has 0 radical (unpaired) electrons. The molecule has 7 heteroatoms. The first kappa shape index (κ1) is 20.2. The Kier molecular flexibility index (Phi) is 6.18. The van der Waals surface area contributed by atoms with E-state index in [9.17, 15) is 4.79 Å². The number of hydrogen-bond acceptors (Lipinski definition) is 5. The molecule has 3 aromatic rings. The molecule has 1 fully saturated rings. The van der Waals surface area contributed by atoms with Gasteiger partial charge in [0.05, 0.1) is 38.1 Å². The van der Waals surface area contributed by atoms with Crippen LogP contribution in [0, 0.1) is 5.92 Å². The molecule has 1 amide bonds. The summed E-state index contributed by atoms with van der Waals surface area (Å²) in [4.78, 5) is 19.2. The Morgan fingerprint density at radius 3 is 2.63 bits per heavy atom. The van der Waals surface area contributed by atoms with Gasteiger partial charge in [-0.25, -0.2) is 4.98 Å². The summed E-state index contributed by atoms with van der Waals surface area (Å²) in [5.41, 5.74) is 2.94. The maximum Gasteiger partial charge on any atom is 0.238 e. The van der Waals surface area contributed by atoms with Gasteiger partial charge in [0.1, 0.15) is 0 Å². The van der Waals surface area contributed by atoms with Crippen molar-refractivity contribution in [1.29, 1.82) is 0 Å².